The van der Waals surface area contributed by atoms with E-state index in [1.165, 1.54) is 0 Å². The average molecular weight is 1610 g/mol. The number of phosphoric ester groups is 3. The number of rotatable bonds is 12. The quantitative estimate of drug-likeness (QED) is 0.0490. The van der Waals surface area contributed by atoms with Gasteiger partial charge in [-0.2, -0.15) is 0 Å². The maximum Gasteiger partial charge on any atom is 3.00 e. The SMILES string of the molecule is CC(C)(C)c1cc(C(O)c2cc(C(C)(C)C)cc(C(C)(C)C)c2OP(=O)([O-])[O-])c(O)c(C(C)(C)C)c1.CC(C)(C)c1cc(C(O)c2cc(C(C)(C)C)cc(C(C)(C)C)c2OP(=O)([O-])[O-])c(O)c(C(C)(C)C)c1.CC(C)(C)c1cc(C(O)c2cc(C(C)(C)C)cc(C(C)(C)C)c2OP(=O)([O-])[O-])c(O)c(C(C)(C)C)c1.[Al+3].[Al+3]. The van der Waals surface area contributed by atoms with Gasteiger partial charge in [-0.3, -0.25) is 0 Å². The molecule has 0 aliphatic carbocycles. The van der Waals surface area contributed by atoms with Crippen molar-refractivity contribution in [1.29, 1.82) is 0 Å². The number of hydrogen-bond donors (Lipinski definition) is 6. The number of aromatic hydroxyl groups is 3. The van der Waals surface area contributed by atoms with Gasteiger partial charge in [0.1, 0.15) is 76.3 Å². The molecule has 3 atom stereocenters. The summed E-state index contributed by atoms with van der Waals surface area (Å²) in [6, 6.07) is 21.6. The zero-order chi connectivity index (χ0) is 84.7. The van der Waals surface area contributed by atoms with Gasteiger partial charge >= 0.3 is 34.7 Å². The van der Waals surface area contributed by atoms with Gasteiger partial charge in [0.25, 0.3) is 0 Å². The summed E-state index contributed by atoms with van der Waals surface area (Å²) in [5, 5.41) is 69.4. The molecule has 0 aromatic heterocycles. The fourth-order valence-electron chi connectivity index (χ4n) is 12.3. The van der Waals surface area contributed by atoms with Gasteiger partial charge in [0.15, 0.2) is 0 Å². The molecule has 0 heterocycles. The smallest absolute Gasteiger partial charge is 0.780 e. The van der Waals surface area contributed by atoms with Gasteiger partial charge in [0, 0.05) is 50.1 Å². The van der Waals surface area contributed by atoms with Crippen LogP contribution < -0.4 is 42.9 Å². The monoisotopic (exact) mass is 1610 g/mol. The molecule has 606 valence electrons. The normalized spacial score (nSPS) is 14.4. The summed E-state index contributed by atoms with van der Waals surface area (Å²) in [5.74, 6) is -0.767. The fourth-order valence-corrected chi connectivity index (χ4v) is 13.6. The van der Waals surface area contributed by atoms with Gasteiger partial charge in [-0.15, -0.1) is 0 Å². The number of aliphatic hydroxyl groups is 3. The Morgan fingerprint density at radius 3 is 0.482 bits per heavy atom. The maximum absolute atomic E-state index is 11.8. The summed E-state index contributed by atoms with van der Waals surface area (Å²) in [6.45, 7) is 71.1. The van der Waals surface area contributed by atoms with E-state index in [9.17, 15) is 73.7 Å². The summed E-state index contributed by atoms with van der Waals surface area (Å²) in [5.41, 5.74) is 4.72. The predicted octanol–water partition coefficient (Wildman–Crippen LogP) is 16.9. The van der Waals surface area contributed by atoms with Gasteiger partial charge in [-0.05, 0) is 151 Å². The third-order valence-electron chi connectivity index (χ3n) is 19.2. The third kappa shape index (κ3) is 26.5. The van der Waals surface area contributed by atoms with Crippen molar-refractivity contribution in [1.82, 2.24) is 0 Å². The largest absolute Gasteiger partial charge is 3.00 e. The zero-order valence-electron chi connectivity index (χ0n) is 72.7. The minimum absolute atomic E-state index is 0. The van der Waals surface area contributed by atoms with Crippen molar-refractivity contribution in [2.45, 2.75) is 333 Å². The number of aliphatic hydroxyl groups excluding tert-OH is 3. The van der Waals surface area contributed by atoms with E-state index >= 15 is 0 Å². The molecule has 0 aliphatic rings. The van der Waals surface area contributed by atoms with Crippen LogP contribution in [0.4, 0.5) is 0 Å². The van der Waals surface area contributed by atoms with Crippen LogP contribution in [0.15, 0.2) is 72.8 Å². The summed E-state index contributed by atoms with van der Waals surface area (Å²) >= 11 is 0. The van der Waals surface area contributed by atoms with Crippen molar-refractivity contribution < 1.29 is 87.3 Å². The van der Waals surface area contributed by atoms with Crippen LogP contribution in [0.25, 0.3) is 0 Å². The minimum atomic E-state index is -5.46. The molecule has 0 aliphatic heterocycles. The number of hydrogen-bond acceptors (Lipinski definition) is 18. The van der Waals surface area contributed by atoms with E-state index < -0.39 is 74.3 Å². The Bertz CT molecular complexity index is 3950. The van der Waals surface area contributed by atoms with Crippen LogP contribution >= 0.6 is 23.5 Å². The number of phenols is 3. The standard InChI is InChI=1S/3C29H45O6P.2Al/c3*1-26(2,3)17-13-19(24(31)21(15-17)28(7,8)9)23(30)20-14-18(27(4,5)6)16-22(29(10,11)12)25(20)35-36(32,33)34;;/h3*13-16,23,30-31H,1-12H3,(H2,32,33,34);;/q;;;2*+3/p-6. The fraction of sp³-hybridized carbons (Fsp3) is 0.586. The maximum atomic E-state index is 11.8. The van der Waals surface area contributed by atoms with Gasteiger partial charge in [-0.25, -0.2) is 0 Å². The Kier molecular flexibility index (Phi) is 31.4. The zero-order valence-corrected chi connectivity index (χ0v) is 77.7. The molecule has 23 heteroatoms. The first-order chi connectivity index (χ1) is 47.5. The molecular formula is C87H129Al2O18P3. The van der Waals surface area contributed by atoms with Gasteiger partial charge in [0.05, 0.1) is 0 Å². The van der Waals surface area contributed by atoms with E-state index in [4.69, 9.17) is 13.6 Å². The second-order valence-corrected chi connectivity index (χ2v) is 44.8. The predicted molar refractivity (Wildman–Crippen MR) is 436 cm³/mol. The van der Waals surface area contributed by atoms with E-state index in [0.29, 0.717) is 33.4 Å². The average Bonchev–Trinajstić information content (AvgIpc) is 0.759. The molecule has 18 nitrogen and oxygen atoms in total. The summed E-state index contributed by atoms with van der Waals surface area (Å²) in [7, 11) is -16.4. The number of phenolic OH excluding ortho intramolecular Hbond substituents is 3. The van der Waals surface area contributed by atoms with E-state index in [0.717, 1.165) is 33.4 Å². The molecule has 0 radical (unpaired) electrons. The number of phosphoric acid groups is 3. The van der Waals surface area contributed by atoms with Crippen molar-refractivity contribution in [3.8, 4) is 34.5 Å². The third-order valence-corrected chi connectivity index (χ3v) is 20.4. The molecule has 0 amide bonds. The van der Waals surface area contributed by atoms with Crippen molar-refractivity contribution in [3.05, 3.63) is 173 Å². The summed E-state index contributed by atoms with van der Waals surface area (Å²) in [6.07, 6.45) is -4.34. The van der Waals surface area contributed by atoms with Crippen LogP contribution in [0.2, 0.25) is 0 Å². The number of benzene rings is 6. The molecule has 0 spiro atoms. The first-order valence-corrected chi connectivity index (χ1v) is 41.3. The summed E-state index contributed by atoms with van der Waals surface area (Å²) < 4.78 is 50.6. The summed E-state index contributed by atoms with van der Waals surface area (Å²) in [4.78, 5) is 71.0. The Labute approximate surface area is 681 Å². The molecule has 0 saturated carbocycles. The molecule has 3 unspecified atom stereocenters. The molecule has 6 aromatic carbocycles. The van der Waals surface area contributed by atoms with Crippen LogP contribution in [0.3, 0.4) is 0 Å². The van der Waals surface area contributed by atoms with E-state index in [1.54, 1.807) is 36.4 Å². The topological polar surface area (TPSA) is 339 Å². The minimum Gasteiger partial charge on any atom is -0.780 e. The van der Waals surface area contributed by atoms with E-state index in [-0.39, 0.29) is 135 Å². The Morgan fingerprint density at radius 1 is 0.236 bits per heavy atom. The Balaban J connectivity index is 0.000000555. The van der Waals surface area contributed by atoms with Crippen molar-refractivity contribution in [2.75, 3.05) is 0 Å². The van der Waals surface area contributed by atoms with Gasteiger partial charge in [0.2, 0.25) is 0 Å². The van der Waals surface area contributed by atoms with E-state index in [2.05, 4.69) is 0 Å². The molecule has 6 N–H and O–H groups in total. The molecule has 6 aromatic rings. The second kappa shape index (κ2) is 34.0. The van der Waals surface area contributed by atoms with Gasteiger partial charge < -0.3 is 87.3 Å². The van der Waals surface area contributed by atoms with Gasteiger partial charge in [-0.1, -0.05) is 286 Å². The Morgan fingerprint density at radius 2 is 0.364 bits per heavy atom. The van der Waals surface area contributed by atoms with Crippen LogP contribution in [0, 0.1) is 0 Å². The first kappa shape index (κ1) is 102. The molecular weight excluding hydrogens is 1480 g/mol. The van der Waals surface area contributed by atoms with Crippen LogP contribution in [0.1, 0.15) is 368 Å². The molecule has 0 bridgehead atoms. The van der Waals surface area contributed by atoms with Crippen molar-refractivity contribution in [2.24, 2.45) is 0 Å². The molecule has 0 saturated heterocycles. The van der Waals surface area contributed by atoms with Crippen LogP contribution in [-0.4, -0.2) is 65.4 Å². The molecule has 110 heavy (non-hydrogen) atoms. The first-order valence-electron chi connectivity index (χ1n) is 36.9. The Hall–Kier alpha value is -4.49. The molecule has 6 rings (SSSR count). The van der Waals surface area contributed by atoms with Crippen molar-refractivity contribution in [3.63, 3.8) is 0 Å². The van der Waals surface area contributed by atoms with Crippen LogP contribution in [0.5, 0.6) is 34.5 Å². The van der Waals surface area contributed by atoms with Crippen LogP contribution in [-0.2, 0) is 78.7 Å². The molecule has 0 fully saturated rings. The second-order valence-electron chi connectivity index (χ2n) is 41.5. The van der Waals surface area contributed by atoms with Crippen molar-refractivity contribution >= 4 is 58.2 Å². The van der Waals surface area contributed by atoms with E-state index in [1.807, 2.05) is 286 Å².